The van der Waals surface area contributed by atoms with E-state index < -0.39 is 14.3 Å². The molecule has 0 radical (unpaired) electrons. The molecule has 0 saturated carbocycles. The molecule has 2 atom stereocenters. The molecule has 0 aromatic carbocycles. The van der Waals surface area contributed by atoms with E-state index in [-0.39, 0.29) is 11.9 Å². The Morgan fingerprint density at radius 2 is 1.68 bits per heavy atom. The van der Waals surface area contributed by atoms with Gasteiger partial charge in [0.15, 0.2) is 5.78 Å². The van der Waals surface area contributed by atoms with Gasteiger partial charge in [-0.2, -0.15) is 0 Å². The van der Waals surface area contributed by atoms with Crippen LogP contribution in [0.4, 0.5) is 0 Å². The second kappa shape index (κ2) is 7.30. The van der Waals surface area contributed by atoms with Gasteiger partial charge < -0.3 is 18.0 Å². The molecule has 0 aromatic heterocycles. The van der Waals surface area contributed by atoms with Gasteiger partial charge in [-0.25, -0.2) is 0 Å². The smallest absolute Gasteiger partial charge is 0.373 e. The van der Waals surface area contributed by atoms with Gasteiger partial charge in [0.25, 0.3) is 0 Å². The summed E-state index contributed by atoms with van der Waals surface area (Å²) in [4.78, 5) is 12.4. The third-order valence-electron chi connectivity index (χ3n) is 2.85. The van der Waals surface area contributed by atoms with Crippen LogP contribution in [0.1, 0.15) is 27.7 Å². The number of ether oxygens (including phenoxy) is 1. The third kappa shape index (κ3) is 3.96. The minimum Gasteiger partial charge on any atom is -0.373 e. The Hall–Kier alpha value is -0.533. The van der Waals surface area contributed by atoms with Gasteiger partial charge in [-0.1, -0.05) is 6.58 Å². The molecule has 1 rings (SSSR count). The lowest BCUT2D eigenvalue weighted by Crippen LogP contribution is -2.54. The molecule has 110 valence electrons. The number of allylic oxidation sites excluding steroid dienone is 1. The fourth-order valence-corrected chi connectivity index (χ4v) is 5.28. The Morgan fingerprint density at radius 1 is 1.26 bits per heavy atom. The molecule has 1 fully saturated rings. The number of epoxide rings is 1. The van der Waals surface area contributed by atoms with Crippen LogP contribution in [0.15, 0.2) is 12.2 Å². The first-order valence-corrected chi connectivity index (χ1v) is 8.55. The lowest BCUT2D eigenvalue weighted by atomic mass is 10.1. The van der Waals surface area contributed by atoms with Gasteiger partial charge in [-0.05, 0) is 33.3 Å². The average Bonchev–Trinajstić information content (AvgIpc) is 3.14. The largest absolute Gasteiger partial charge is 0.515 e. The van der Waals surface area contributed by atoms with E-state index in [2.05, 4.69) is 6.58 Å². The Balaban J connectivity index is 3.07. The van der Waals surface area contributed by atoms with Crippen LogP contribution in [0.2, 0.25) is 5.54 Å². The SMILES string of the molecule is C=C(C)C(=O)C(C1CO1)[Si](OCC)(OCC)OCC. The first kappa shape index (κ1) is 16.5. The molecule has 0 spiro atoms. The number of Topliss-reactive ketones (excluding diaryl/α,β-unsaturated/α-hetero) is 1. The highest BCUT2D eigenvalue weighted by molar-refractivity contribution is 6.67. The summed E-state index contributed by atoms with van der Waals surface area (Å²) in [7, 11) is -3.09. The van der Waals surface area contributed by atoms with Crippen molar-refractivity contribution < 1.29 is 22.8 Å². The zero-order chi connectivity index (χ0) is 14.5. The second-order valence-corrected chi connectivity index (χ2v) is 7.09. The van der Waals surface area contributed by atoms with E-state index in [1.807, 2.05) is 20.8 Å². The fraction of sp³-hybridized carbons (Fsp3) is 0.769. The quantitative estimate of drug-likeness (QED) is 0.349. The van der Waals surface area contributed by atoms with E-state index in [0.717, 1.165) is 0 Å². The minimum atomic E-state index is -3.09. The van der Waals surface area contributed by atoms with Gasteiger partial charge >= 0.3 is 8.80 Å². The molecule has 1 heterocycles. The van der Waals surface area contributed by atoms with E-state index in [1.165, 1.54) is 0 Å². The van der Waals surface area contributed by atoms with Crippen molar-refractivity contribution in [2.75, 3.05) is 26.4 Å². The van der Waals surface area contributed by atoms with Gasteiger partial charge in [-0.15, -0.1) is 0 Å². The molecule has 0 bridgehead atoms. The number of rotatable bonds is 10. The lowest BCUT2D eigenvalue weighted by Gasteiger charge is -2.33. The van der Waals surface area contributed by atoms with Crippen LogP contribution >= 0.6 is 0 Å². The molecule has 1 aliphatic rings. The van der Waals surface area contributed by atoms with Crippen LogP contribution in [0, 0.1) is 0 Å². The van der Waals surface area contributed by atoms with Crippen LogP contribution in [0.3, 0.4) is 0 Å². The Morgan fingerprint density at radius 3 is 1.95 bits per heavy atom. The first-order valence-electron chi connectivity index (χ1n) is 6.75. The van der Waals surface area contributed by atoms with E-state index in [9.17, 15) is 4.79 Å². The third-order valence-corrected chi connectivity index (χ3v) is 6.32. The summed E-state index contributed by atoms with van der Waals surface area (Å²) >= 11 is 0. The van der Waals surface area contributed by atoms with Crippen molar-refractivity contribution in [1.82, 2.24) is 0 Å². The molecule has 5 nitrogen and oxygen atoms in total. The summed E-state index contributed by atoms with van der Waals surface area (Å²) in [5.74, 6) is -0.0792. The van der Waals surface area contributed by atoms with E-state index in [4.69, 9.17) is 18.0 Å². The molecule has 6 heteroatoms. The molecule has 0 aromatic rings. The molecule has 0 aliphatic carbocycles. The minimum absolute atomic E-state index is 0.0792. The monoisotopic (exact) mass is 288 g/mol. The molecular weight excluding hydrogens is 264 g/mol. The zero-order valence-corrected chi connectivity index (χ0v) is 13.2. The number of carbonyl (C=O) groups is 1. The van der Waals surface area contributed by atoms with Gasteiger partial charge in [0.05, 0.1) is 12.7 Å². The van der Waals surface area contributed by atoms with Crippen LogP contribution in [-0.2, 0) is 22.8 Å². The molecule has 0 amide bonds. The van der Waals surface area contributed by atoms with Gasteiger partial charge in [0.1, 0.15) is 5.54 Å². The number of hydrogen-bond acceptors (Lipinski definition) is 5. The fourth-order valence-electron chi connectivity index (χ4n) is 2.07. The van der Waals surface area contributed by atoms with Crippen molar-refractivity contribution in [3.63, 3.8) is 0 Å². The molecule has 0 N–H and O–H groups in total. The molecule has 1 saturated heterocycles. The summed E-state index contributed by atoms with van der Waals surface area (Å²) in [6.07, 6.45) is -0.166. The maximum Gasteiger partial charge on any atom is 0.515 e. The average molecular weight is 288 g/mol. The predicted octanol–water partition coefficient (Wildman–Crippen LogP) is 1.95. The van der Waals surface area contributed by atoms with E-state index >= 15 is 0 Å². The Labute approximate surface area is 116 Å². The van der Waals surface area contributed by atoms with Crippen molar-refractivity contribution >= 4 is 14.6 Å². The summed E-state index contributed by atoms with van der Waals surface area (Å²) in [6, 6.07) is 0. The Kier molecular flexibility index (Phi) is 6.35. The number of carbonyl (C=O) groups excluding carboxylic acids is 1. The topological polar surface area (TPSA) is 57.3 Å². The summed E-state index contributed by atoms with van der Waals surface area (Å²) in [5.41, 5.74) is -0.0127. The van der Waals surface area contributed by atoms with Crippen LogP contribution < -0.4 is 0 Å². The van der Waals surface area contributed by atoms with Crippen molar-refractivity contribution in [2.24, 2.45) is 0 Å². The summed E-state index contributed by atoms with van der Waals surface area (Å²) in [6.45, 7) is 12.9. The summed E-state index contributed by atoms with van der Waals surface area (Å²) < 4.78 is 22.7. The Bertz CT molecular complexity index is 310. The zero-order valence-electron chi connectivity index (χ0n) is 12.2. The summed E-state index contributed by atoms with van der Waals surface area (Å²) in [5, 5.41) is 0. The highest BCUT2D eigenvalue weighted by atomic mass is 28.4. The predicted molar refractivity (Wildman–Crippen MR) is 73.9 cm³/mol. The molecule has 1 aliphatic heterocycles. The van der Waals surface area contributed by atoms with Crippen molar-refractivity contribution in [1.29, 1.82) is 0 Å². The van der Waals surface area contributed by atoms with Crippen molar-refractivity contribution in [2.45, 2.75) is 39.3 Å². The van der Waals surface area contributed by atoms with E-state index in [1.54, 1.807) is 6.92 Å². The molecular formula is C13H24O5Si. The van der Waals surface area contributed by atoms with Gasteiger partial charge in [-0.3, -0.25) is 4.79 Å². The second-order valence-electron chi connectivity index (χ2n) is 4.40. The lowest BCUT2D eigenvalue weighted by molar-refractivity contribution is -0.117. The first-order chi connectivity index (χ1) is 9.02. The van der Waals surface area contributed by atoms with E-state index in [0.29, 0.717) is 32.0 Å². The normalized spacial score (nSPS) is 20.1. The molecule has 2 unspecified atom stereocenters. The maximum atomic E-state index is 12.4. The van der Waals surface area contributed by atoms with Crippen LogP contribution in [0.25, 0.3) is 0 Å². The van der Waals surface area contributed by atoms with Gasteiger partial charge in [0.2, 0.25) is 0 Å². The highest BCUT2D eigenvalue weighted by Crippen LogP contribution is 2.38. The van der Waals surface area contributed by atoms with Crippen LogP contribution in [0.5, 0.6) is 0 Å². The number of ketones is 1. The van der Waals surface area contributed by atoms with Crippen molar-refractivity contribution in [3.05, 3.63) is 12.2 Å². The number of hydrogen-bond donors (Lipinski definition) is 0. The standard InChI is InChI=1S/C13H24O5Si/c1-6-16-19(17-7-2,18-8-3)13(11-9-15-11)12(14)10(4)5/h11,13H,4,6-9H2,1-3,5H3. The van der Waals surface area contributed by atoms with Gasteiger partial charge in [0, 0.05) is 19.8 Å². The molecule has 19 heavy (non-hydrogen) atoms. The maximum absolute atomic E-state index is 12.4. The highest BCUT2D eigenvalue weighted by Gasteiger charge is 2.60. The van der Waals surface area contributed by atoms with Crippen LogP contribution in [-0.4, -0.2) is 47.1 Å². The van der Waals surface area contributed by atoms with Crippen molar-refractivity contribution in [3.8, 4) is 0 Å².